The van der Waals surface area contributed by atoms with Gasteiger partial charge in [0.15, 0.2) is 0 Å². The summed E-state index contributed by atoms with van der Waals surface area (Å²) < 4.78 is 0. The van der Waals surface area contributed by atoms with Gasteiger partial charge in [-0.1, -0.05) is 20.3 Å². The Morgan fingerprint density at radius 3 is 1.88 bits per heavy atom. The van der Waals surface area contributed by atoms with Crippen molar-refractivity contribution >= 4 is 47.3 Å². The van der Waals surface area contributed by atoms with Gasteiger partial charge in [0.1, 0.15) is 18.1 Å². The average Bonchev–Trinajstić information content (AvgIpc) is 2.75. The highest BCUT2D eigenvalue weighted by Gasteiger charge is 2.32. The lowest BCUT2D eigenvalue weighted by Crippen LogP contribution is -2.58. The molecule has 34 heavy (non-hydrogen) atoms. The van der Waals surface area contributed by atoms with Crippen LogP contribution in [-0.2, 0) is 28.8 Å². The second-order valence-corrected chi connectivity index (χ2v) is 8.88. The molecule has 0 bridgehead atoms. The fraction of sp³-hybridized carbons (Fsp3) is 0.700. The van der Waals surface area contributed by atoms with Crippen LogP contribution in [0.25, 0.3) is 0 Å². The smallest absolute Gasteiger partial charge is 0.326 e. The van der Waals surface area contributed by atoms with Crippen LogP contribution in [0.5, 0.6) is 0 Å². The first-order valence-electron chi connectivity index (χ1n) is 10.8. The fourth-order valence-corrected chi connectivity index (χ4v) is 3.33. The lowest BCUT2D eigenvalue weighted by molar-refractivity contribution is -0.143. The van der Waals surface area contributed by atoms with Crippen molar-refractivity contribution in [3.63, 3.8) is 0 Å². The van der Waals surface area contributed by atoms with Gasteiger partial charge in [0.05, 0.1) is 12.5 Å². The van der Waals surface area contributed by atoms with E-state index in [0.717, 1.165) is 0 Å². The second kappa shape index (κ2) is 15.9. The molecule has 0 aromatic heterocycles. The Morgan fingerprint density at radius 2 is 1.41 bits per heavy atom. The van der Waals surface area contributed by atoms with Gasteiger partial charge in [-0.25, -0.2) is 4.79 Å². The number of aliphatic carboxylic acids is 1. The summed E-state index contributed by atoms with van der Waals surface area (Å²) in [6, 6.07) is -4.85. The number of carbonyl (C=O) groups excluding carboxylic acids is 5. The van der Waals surface area contributed by atoms with Gasteiger partial charge < -0.3 is 38.3 Å². The molecule has 0 radical (unpaired) electrons. The van der Waals surface area contributed by atoms with Gasteiger partial charge >= 0.3 is 5.97 Å². The number of primary amides is 2. The molecule has 0 aliphatic heterocycles. The molecule has 0 rings (SSSR count). The minimum Gasteiger partial charge on any atom is -0.480 e. The van der Waals surface area contributed by atoms with Crippen LogP contribution in [0.15, 0.2) is 0 Å². The molecular formula is C20H36N6O7S. The maximum absolute atomic E-state index is 12.9. The van der Waals surface area contributed by atoms with Gasteiger partial charge in [0.25, 0.3) is 0 Å². The van der Waals surface area contributed by atoms with Crippen molar-refractivity contribution in [3.8, 4) is 0 Å². The van der Waals surface area contributed by atoms with Crippen molar-refractivity contribution in [2.45, 2.75) is 70.1 Å². The predicted octanol–water partition coefficient (Wildman–Crippen LogP) is -2.21. The van der Waals surface area contributed by atoms with Crippen LogP contribution in [0.2, 0.25) is 0 Å². The van der Waals surface area contributed by atoms with Crippen LogP contribution in [0.4, 0.5) is 0 Å². The van der Waals surface area contributed by atoms with Crippen LogP contribution >= 0.6 is 11.8 Å². The van der Waals surface area contributed by atoms with Gasteiger partial charge in [0, 0.05) is 6.42 Å². The number of carbonyl (C=O) groups is 6. The van der Waals surface area contributed by atoms with Crippen molar-refractivity contribution in [1.82, 2.24) is 16.0 Å². The first kappa shape index (κ1) is 31.1. The first-order valence-corrected chi connectivity index (χ1v) is 12.2. The molecule has 5 amide bonds. The molecule has 0 spiro atoms. The molecule has 0 aliphatic carbocycles. The Balaban J connectivity index is 5.58. The molecule has 0 saturated carbocycles. The van der Waals surface area contributed by atoms with E-state index < -0.39 is 66.1 Å². The van der Waals surface area contributed by atoms with Gasteiger partial charge in [-0.3, -0.25) is 24.0 Å². The number of thioether (sulfide) groups is 1. The normalized spacial score (nSPS) is 15.2. The zero-order valence-corrected chi connectivity index (χ0v) is 20.5. The molecule has 0 heterocycles. The molecule has 14 heteroatoms. The van der Waals surface area contributed by atoms with Crippen molar-refractivity contribution < 1.29 is 33.9 Å². The van der Waals surface area contributed by atoms with Crippen molar-refractivity contribution in [2.75, 3.05) is 12.0 Å². The van der Waals surface area contributed by atoms with E-state index in [2.05, 4.69) is 16.0 Å². The quantitative estimate of drug-likeness (QED) is 0.113. The summed E-state index contributed by atoms with van der Waals surface area (Å²) in [5.41, 5.74) is 15.8. The number of hydrogen-bond donors (Lipinski definition) is 7. The number of carboxylic acid groups (broad SMARTS) is 1. The van der Waals surface area contributed by atoms with E-state index in [9.17, 15) is 33.9 Å². The standard InChI is InChI=1S/C20H36N6O7S/c1-4-10(2)16(20(32)33)26-19(31)13(7-8-34-3)25-18(30)12(5-6-14(22)27)24-17(29)11(21)9-15(23)28/h10-13,16H,4-9,21H2,1-3H3,(H2,22,27)(H2,23,28)(H,24,29)(H,25,30)(H,26,31)(H,32,33). The summed E-state index contributed by atoms with van der Waals surface area (Å²) in [4.78, 5) is 71.8. The highest BCUT2D eigenvalue weighted by atomic mass is 32.2. The topological polar surface area (TPSA) is 237 Å². The van der Waals surface area contributed by atoms with Crippen LogP contribution in [0, 0.1) is 5.92 Å². The Bertz CT molecular complexity index is 751. The molecule has 5 unspecified atom stereocenters. The number of carboxylic acids is 1. The average molecular weight is 505 g/mol. The molecule has 0 fully saturated rings. The van der Waals surface area contributed by atoms with Crippen molar-refractivity contribution in [1.29, 1.82) is 0 Å². The van der Waals surface area contributed by atoms with Crippen LogP contribution in [0.3, 0.4) is 0 Å². The van der Waals surface area contributed by atoms with E-state index >= 15 is 0 Å². The summed E-state index contributed by atoms with van der Waals surface area (Å²) in [6.45, 7) is 3.47. The second-order valence-electron chi connectivity index (χ2n) is 7.90. The summed E-state index contributed by atoms with van der Waals surface area (Å²) in [5, 5.41) is 16.7. The minimum atomic E-state index is -1.32. The van der Waals surface area contributed by atoms with Crippen molar-refractivity contribution in [2.24, 2.45) is 23.1 Å². The van der Waals surface area contributed by atoms with E-state index in [1.807, 2.05) is 0 Å². The van der Waals surface area contributed by atoms with Gasteiger partial charge in [0.2, 0.25) is 29.5 Å². The van der Waals surface area contributed by atoms with Gasteiger partial charge in [-0.2, -0.15) is 11.8 Å². The third-order valence-electron chi connectivity index (χ3n) is 5.09. The number of hydrogen-bond acceptors (Lipinski definition) is 8. The molecule has 194 valence electrons. The molecule has 5 atom stereocenters. The third-order valence-corrected chi connectivity index (χ3v) is 5.73. The molecule has 0 aromatic carbocycles. The van der Waals surface area contributed by atoms with E-state index in [1.54, 1.807) is 20.1 Å². The van der Waals surface area contributed by atoms with E-state index in [1.165, 1.54) is 11.8 Å². The monoisotopic (exact) mass is 504 g/mol. The minimum absolute atomic E-state index is 0.183. The molecule has 0 saturated heterocycles. The van der Waals surface area contributed by atoms with Crippen LogP contribution in [0.1, 0.15) is 46.0 Å². The Hall–Kier alpha value is -2.87. The van der Waals surface area contributed by atoms with E-state index in [4.69, 9.17) is 17.2 Å². The maximum Gasteiger partial charge on any atom is 0.326 e. The number of nitrogens with two attached hydrogens (primary N) is 3. The lowest BCUT2D eigenvalue weighted by Gasteiger charge is -2.26. The Labute approximate surface area is 202 Å². The molecular weight excluding hydrogens is 468 g/mol. The third kappa shape index (κ3) is 11.8. The summed E-state index contributed by atoms with van der Waals surface area (Å²) in [6.07, 6.45) is 1.60. The summed E-state index contributed by atoms with van der Waals surface area (Å²) in [7, 11) is 0. The SMILES string of the molecule is CCC(C)C(NC(=O)C(CCSC)NC(=O)C(CCC(N)=O)NC(=O)C(N)CC(N)=O)C(=O)O. The number of rotatable bonds is 17. The van der Waals surface area contributed by atoms with E-state index in [-0.39, 0.29) is 25.2 Å². The van der Waals surface area contributed by atoms with Crippen LogP contribution in [-0.4, -0.2) is 76.8 Å². The summed E-state index contributed by atoms with van der Waals surface area (Å²) >= 11 is 1.41. The fourth-order valence-electron chi connectivity index (χ4n) is 2.86. The Morgan fingerprint density at radius 1 is 0.882 bits per heavy atom. The van der Waals surface area contributed by atoms with Gasteiger partial charge in [-0.15, -0.1) is 0 Å². The predicted molar refractivity (Wildman–Crippen MR) is 126 cm³/mol. The summed E-state index contributed by atoms with van der Waals surface area (Å²) in [5.74, 6) is -4.96. The Kier molecular flexibility index (Phi) is 14.5. The lowest BCUT2D eigenvalue weighted by atomic mass is 9.98. The van der Waals surface area contributed by atoms with Gasteiger partial charge in [-0.05, 0) is 30.8 Å². The molecule has 0 aromatic rings. The number of amides is 5. The molecule has 13 nitrogen and oxygen atoms in total. The number of nitrogens with one attached hydrogen (secondary N) is 3. The zero-order chi connectivity index (χ0) is 26.4. The highest BCUT2D eigenvalue weighted by Crippen LogP contribution is 2.10. The van der Waals surface area contributed by atoms with E-state index in [0.29, 0.717) is 12.2 Å². The first-order chi connectivity index (χ1) is 15.8. The largest absolute Gasteiger partial charge is 0.480 e. The maximum atomic E-state index is 12.9. The zero-order valence-electron chi connectivity index (χ0n) is 19.7. The van der Waals surface area contributed by atoms with Crippen molar-refractivity contribution in [3.05, 3.63) is 0 Å². The molecule has 0 aliphatic rings. The molecule has 10 N–H and O–H groups in total. The van der Waals surface area contributed by atoms with Crippen LogP contribution < -0.4 is 33.2 Å². The highest BCUT2D eigenvalue weighted by molar-refractivity contribution is 7.98.